The lowest BCUT2D eigenvalue weighted by atomic mass is 9.55. The van der Waals surface area contributed by atoms with Crippen molar-refractivity contribution in [3.8, 4) is 0 Å². The van der Waals surface area contributed by atoms with E-state index in [0.717, 1.165) is 27.2 Å². The van der Waals surface area contributed by atoms with Gasteiger partial charge in [-0.05, 0) is 52.4 Å². The number of nitrogens with one attached hydrogen (secondary N) is 1. The Morgan fingerprint density at radius 1 is 0.762 bits per heavy atom. The fourth-order valence-electron chi connectivity index (χ4n) is 6.43. The van der Waals surface area contributed by atoms with Gasteiger partial charge in [0.05, 0.1) is 24.0 Å². The maximum Gasteiger partial charge on any atom is 0.338 e. The fraction of sp³-hybridized carbons (Fsp3) is 0.303. The molecule has 1 heterocycles. The first-order chi connectivity index (χ1) is 20.2. The third-order valence-electron chi connectivity index (χ3n) is 8.14. The number of esters is 2. The van der Waals surface area contributed by atoms with Crippen LogP contribution in [0.15, 0.2) is 72.8 Å². The summed E-state index contributed by atoms with van der Waals surface area (Å²) < 4.78 is 10.3. The second kappa shape index (κ2) is 10.9. The average Bonchev–Trinajstić information content (AvgIpc) is 3.24. The molecule has 0 radical (unpaired) electrons. The van der Waals surface area contributed by atoms with Crippen LogP contribution >= 0.6 is 0 Å². The van der Waals surface area contributed by atoms with Crippen LogP contribution in [0.3, 0.4) is 0 Å². The van der Waals surface area contributed by atoms with Crippen molar-refractivity contribution in [1.82, 2.24) is 4.90 Å². The van der Waals surface area contributed by atoms with E-state index in [1.54, 1.807) is 12.1 Å². The molecule has 1 fully saturated rings. The maximum atomic E-state index is 13.6. The van der Waals surface area contributed by atoms with Crippen LogP contribution < -0.4 is 5.32 Å². The van der Waals surface area contributed by atoms with E-state index < -0.39 is 54.6 Å². The minimum absolute atomic E-state index is 0.213. The minimum atomic E-state index is -0.851. The topological polar surface area (TPSA) is 119 Å². The summed E-state index contributed by atoms with van der Waals surface area (Å²) in [4.78, 5) is 65.4. The fourth-order valence-corrected chi connectivity index (χ4v) is 6.43. The lowest BCUT2D eigenvalue weighted by molar-refractivity contribution is -0.154. The number of carbonyl (C=O) groups is 5. The van der Waals surface area contributed by atoms with Crippen molar-refractivity contribution in [3.63, 3.8) is 0 Å². The van der Waals surface area contributed by atoms with Crippen molar-refractivity contribution in [1.29, 1.82) is 0 Å². The Balaban J connectivity index is 1.08. The number of amides is 3. The Hall–Kier alpha value is -4.79. The van der Waals surface area contributed by atoms with Crippen LogP contribution in [0.25, 0.3) is 0 Å². The van der Waals surface area contributed by atoms with Crippen LogP contribution in [0, 0.1) is 17.8 Å². The van der Waals surface area contributed by atoms with E-state index in [0.29, 0.717) is 17.9 Å². The van der Waals surface area contributed by atoms with E-state index in [1.165, 1.54) is 12.1 Å². The van der Waals surface area contributed by atoms with Crippen molar-refractivity contribution >= 4 is 35.3 Å². The lowest BCUT2D eigenvalue weighted by Gasteiger charge is -2.45. The van der Waals surface area contributed by atoms with Gasteiger partial charge in [-0.1, -0.05) is 62.4 Å². The number of nitrogens with zero attached hydrogens (tertiary/aromatic N) is 1. The third-order valence-corrected chi connectivity index (χ3v) is 8.14. The van der Waals surface area contributed by atoms with Crippen molar-refractivity contribution in [3.05, 3.63) is 101 Å². The van der Waals surface area contributed by atoms with Gasteiger partial charge in [-0.15, -0.1) is 0 Å². The zero-order valence-electron chi connectivity index (χ0n) is 23.2. The molecular weight excluding hydrogens is 536 g/mol. The number of ether oxygens (including phenoxy) is 2. The summed E-state index contributed by atoms with van der Waals surface area (Å²) in [6, 6.07) is 21.9. The number of carbonyl (C=O) groups excluding carboxylic acids is 5. The molecule has 4 aliphatic rings. The van der Waals surface area contributed by atoms with Crippen molar-refractivity contribution in [2.45, 2.75) is 25.7 Å². The summed E-state index contributed by atoms with van der Waals surface area (Å²) in [5, 5.41) is 2.59. The Morgan fingerprint density at radius 3 is 1.74 bits per heavy atom. The second-order valence-electron chi connectivity index (χ2n) is 11.3. The number of anilines is 1. The van der Waals surface area contributed by atoms with Gasteiger partial charge in [0, 0.05) is 17.5 Å². The molecule has 7 rings (SSSR count). The highest BCUT2D eigenvalue weighted by Crippen LogP contribution is 2.60. The van der Waals surface area contributed by atoms with Crippen LogP contribution in [0.4, 0.5) is 5.69 Å². The van der Waals surface area contributed by atoms with Gasteiger partial charge in [-0.2, -0.15) is 0 Å². The van der Waals surface area contributed by atoms with E-state index >= 15 is 0 Å². The largest absolute Gasteiger partial charge is 0.462 e. The number of likely N-dealkylation sites (tertiary alicyclic amines) is 1. The normalized spacial score (nSPS) is 21.5. The molecule has 1 aliphatic heterocycles. The molecule has 0 aromatic heterocycles. The van der Waals surface area contributed by atoms with Crippen LogP contribution in [0.1, 0.15) is 58.3 Å². The first-order valence-corrected chi connectivity index (χ1v) is 14.0. The molecule has 9 nitrogen and oxygen atoms in total. The smallest absolute Gasteiger partial charge is 0.338 e. The van der Waals surface area contributed by atoms with Crippen molar-refractivity contribution in [2.75, 3.05) is 25.1 Å². The molecule has 0 spiro atoms. The van der Waals surface area contributed by atoms with Gasteiger partial charge in [0.15, 0.2) is 6.61 Å². The molecule has 2 bridgehead atoms. The van der Waals surface area contributed by atoms with Crippen LogP contribution in [-0.4, -0.2) is 54.3 Å². The molecule has 3 aliphatic carbocycles. The van der Waals surface area contributed by atoms with E-state index in [4.69, 9.17) is 9.47 Å². The third kappa shape index (κ3) is 4.74. The zero-order chi connectivity index (χ0) is 29.5. The van der Waals surface area contributed by atoms with Crippen molar-refractivity contribution in [2.24, 2.45) is 17.8 Å². The Kier molecular flexibility index (Phi) is 7.10. The second-order valence-corrected chi connectivity index (χ2v) is 11.3. The van der Waals surface area contributed by atoms with Gasteiger partial charge in [0.2, 0.25) is 11.8 Å². The van der Waals surface area contributed by atoms with E-state index in [9.17, 15) is 24.0 Å². The Bertz CT molecular complexity index is 1480. The molecule has 214 valence electrons. The monoisotopic (exact) mass is 566 g/mol. The molecule has 1 saturated heterocycles. The van der Waals surface area contributed by atoms with Gasteiger partial charge in [0.25, 0.3) is 5.91 Å². The van der Waals surface area contributed by atoms with Gasteiger partial charge < -0.3 is 14.8 Å². The van der Waals surface area contributed by atoms with Gasteiger partial charge in [-0.25, -0.2) is 4.79 Å². The molecule has 42 heavy (non-hydrogen) atoms. The first kappa shape index (κ1) is 27.4. The zero-order valence-corrected chi connectivity index (χ0v) is 23.2. The van der Waals surface area contributed by atoms with Crippen LogP contribution in [-0.2, 0) is 28.7 Å². The van der Waals surface area contributed by atoms with Crippen LogP contribution in [0.5, 0.6) is 0 Å². The molecular formula is C33H30N2O7. The summed E-state index contributed by atoms with van der Waals surface area (Å²) in [6.07, 6.45) is 0. The number of hydrogen-bond acceptors (Lipinski definition) is 7. The average molecular weight is 567 g/mol. The highest BCUT2D eigenvalue weighted by molar-refractivity contribution is 6.09. The van der Waals surface area contributed by atoms with E-state index in [1.807, 2.05) is 62.4 Å². The van der Waals surface area contributed by atoms with Crippen LogP contribution in [0.2, 0.25) is 0 Å². The quantitative estimate of drug-likeness (QED) is 0.325. The highest BCUT2D eigenvalue weighted by atomic mass is 16.5. The molecule has 9 heteroatoms. The first-order valence-electron chi connectivity index (χ1n) is 14.0. The number of rotatable bonds is 8. The summed E-state index contributed by atoms with van der Waals surface area (Å²) in [5.41, 5.74) is 4.94. The summed E-state index contributed by atoms with van der Waals surface area (Å²) in [7, 11) is 0. The van der Waals surface area contributed by atoms with Gasteiger partial charge >= 0.3 is 11.9 Å². The number of benzene rings is 3. The van der Waals surface area contributed by atoms with E-state index in [-0.39, 0.29) is 17.8 Å². The van der Waals surface area contributed by atoms with Gasteiger partial charge in [-0.3, -0.25) is 24.1 Å². The SMILES string of the molecule is CC(C)COC(=O)c1ccc(NC(=O)COC(=O)CN2C(=O)[C@H]3C4c5ccccc5C(c5ccccc54)[C@@H]3C2=O)cc1. The van der Waals surface area contributed by atoms with Gasteiger partial charge in [0.1, 0.15) is 6.54 Å². The molecule has 3 aromatic carbocycles. The van der Waals surface area contributed by atoms with Crippen molar-refractivity contribution < 1.29 is 33.4 Å². The maximum absolute atomic E-state index is 13.6. The van der Waals surface area contributed by atoms with E-state index in [2.05, 4.69) is 5.32 Å². The summed E-state index contributed by atoms with van der Waals surface area (Å²) >= 11 is 0. The lowest BCUT2D eigenvalue weighted by Crippen LogP contribution is -2.41. The summed E-state index contributed by atoms with van der Waals surface area (Å²) in [5.74, 6) is -4.19. The number of hydrogen-bond donors (Lipinski definition) is 1. The molecule has 2 atom stereocenters. The number of imide groups is 1. The Morgan fingerprint density at radius 2 is 1.26 bits per heavy atom. The predicted octanol–water partition coefficient (Wildman–Crippen LogP) is 3.87. The standard InChI is InChI=1S/C33H30N2O7/c1-18(2)16-42-33(40)19-11-13-20(14-12-19)34-25(36)17-41-26(37)15-35-31(38)29-27-21-7-3-4-8-22(21)28(30(29)32(35)39)24-10-6-5-9-23(24)27/h3-14,18,27-30H,15-17H2,1-2H3,(H,34,36)/t27?,28?,29-,30-/m0/s1. The molecule has 3 amide bonds. The molecule has 0 unspecified atom stereocenters. The predicted molar refractivity (Wildman–Crippen MR) is 151 cm³/mol. The summed E-state index contributed by atoms with van der Waals surface area (Å²) in [6.45, 7) is 3.03. The molecule has 3 aromatic rings. The molecule has 0 saturated carbocycles. The molecule has 1 N–H and O–H groups in total. The highest BCUT2D eigenvalue weighted by Gasteiger charge is 2.61. The Labute approximate surface area is 242 Å². The minimum Gasteiger partial charge on any atom is -0.462 e.